The molecule has 122 valence electrons. The van der Waals surface area contributed by atoms with Gasteiger partial charge in [0, 0.05) is 6.92 Å². The van der Waals surface area contributed by atoms with Crippen LogP contribution in [0.15, 0.2) is 17.7 Å². The lowest BCUT2D eigenvalue weighted by molar-refractivity contribution is -0.138. The molecule has 0 radical (unpaired) electrons. The van der Waals surface area contributed by atoms with Gasteiger partial charge < -0.3 is 14.2 Å². The molecule has 0 saturated heterocycles. The highest BCUT2D eigenvalue weighted by Crippen LogP contribution is 2.35. The van der Waals surface area contributed by atoms with E-state index in [0.29, 0.717) is 27.2 Å². The third kappa shape index (κ3) is 5.56. The second kappa shape index (κ2) is 9.15. The third-order valence-corrected chi connectivity index (χ3v) is 3.31. The van der Waals surface area contributed by atoms with E-state index in [-0.39, 0.29) is 12.2 Å². The molecule has 7 heteroatoms. The first kappa shape index (κ1) is 19.0. The number of hydrogen-bond acceptors (Lipinski definition) is 6. The highest BCUT2D eigenvalue weighted by molar-refractivity contribution is 14.1. The summed E-state index contributed by atoms with van der Waals surface area (Å²) in [5.41, 5.74) is 0.448. The molecule has 0 amide bonds. The van der Waals surface area contributed by atoms with E-state index in [0.717, 1.165) is 0 Å². The van der Waals surface area contributed by atoms with E-state index in [2.05, 4.69) is 0 Å². The van der Waals surface area contributed by atoms with Gasteiger partial charge in [0.2, 0.25) is 0 Å². The molecule has 0 saturated carbocycles. The number of benzene rings is 1. The molecule has 0 heterocycles. The molecular weight excluding hydrogens is 413 g/mol. The fraction of sp³-hybridized carbons (Fsp3) is 0.312. The van der Waals surface area contributed by atoms with Gasteiger partial charge in [-0.2, -0.15) is 5.26 Å². The van der Waals surface area contributed by atoms with Crippen molar-refractivity contribution in [1.29, 1.82) is 5.26 Å². The van der Waals surface area contributed by atoms with Gasteiger partial charge in [-0.1, -0.05) is 0 Å². The van der Waals surface area contributed by atoms with E-state index in [1.807, 2.05) is 28.7 Å². The van der Waals surface area contributed by atoms with Crippen LogP contribution in [0.1, 0.15) is 26.3 Å². The maximum absolute atomic E-state index is 11.7. The average Bonchev–Trinajstić information content (AvgIpc) is 2.48. The summed E-state index contributed by atoms with van der Waals surface area (Å²) in [5, 5.41) is 9.08. The second-order valence-corrected chi connectivity index (χ2v) is 5.41. The molecule has 1 aromatic rings. The van der Waals surface area contributed by atoms with Crippen LogP contribution in [-0.2, 0) is 14.3 Å². The van der Waals surface area contributed by atoms with Crippen LogP contribution in [0.4, 0.5) is 0 Å². The normalized spacial score (nSPS) is 10.7. The first-order valence-electron chi connectivity index (χ1n) is 6.86. The van der Waals surface area contributed by atoms with Gasteiger partial charge in [-0.05, 0) is 60.2 Å². The molecular formula is C16H16INO5. The topological polar surface area (TPSA) is 85.6 Å². The van der Waals surface area contributed by atoms with Gasteiger partial charge in [-0.15, -0.1) is 0 Å². The van der Waals surface area contributed by atoms with Gasteiger partial charge in [0.1, 0.15) is 11.6 Å². The van der Waals surface area contributed by atoms with Gasteiger partial charge in [0.15, 0.2) is 11.5 Å². The molecule has 0 aliphatic rings. The Hall–Kier alpha value is -2.08. The molecule has 1 aromatic carbocycles. The summed E-state index contributed by atoms with van der Waals surface area (Å²) in [6.45, 7) is 5.32. The van der Waals surface area contributed by atoms with Crippen molar-refractivity contribution in [2.24, 2.45) is 0 Å². The van der Waals surface area contributed by atoms with E-state index in [1.165, 1.54) is 13.0 Å². The van der Waals surface area contributed by atoms with Crippen LogP contribution in [0.5, 0.6) is 11.5 Å². The van der Waals surface area contributed by atoms with Crippen LogP contribution in [0.25, 0.3) is 6.08 Å². The van der Waals surface area contributed by atoms with Crippen molar-refractivity contribution in [2.75, 3.05) is 13.2 Å². The van der Waals surface area contributed by atoms with Crippen LogP contribution < -0.4 is 9.47 Å². The minimum Gasteiger partial charge on any atom is -0.490 e. The zero-order valence-corrected chi connectivity index (χ0v) is 15.2. The fourth-order valence-electron chi connectivity index (χ4n) is 1.69. The SMILES string of the molecule is CCOC(=O)/C(C#N)=C/c1cc(I)c(OC(C)=O)c(OCC)c1. The number of carbonyl (C=O) groups is 2. The number of nitrogens with zero attached hydrogens (tertiary/aromatic N) is 1. The quantitative estimate of drug-likeness (QED) is 0.227. The molecule has 0 bridgehead atoms. The lowest BCUT2D eigenvalue weighted by Gasteiger charge is -2.12. The Bertz CT molecular complexity index is 676. The highest BCUT2D eigenvalue weighted by atomic mass is 127. The summed E-state index contributed by atoms with van der Waals surface area (Å²) in [6.07, 6.45) is 1.40. The van der Waals surface area contributed by atoms with E-state index in [1.54, 1.807) is 26.0 Å². The number of ether oxygens (including phenoxy) is 3. The van der Waals surface area contributed by atoms with Gasteiger partial charge in [-0.3, -0.25) is 4.79 Å². The van der Waals surface area contributed by atoms with Crippen molar-refractivity contribution in [1.82, 2.24) is 0 Å². The van der Waals surface area contributed by atoms with E-state index in [9.17, 15) is 9.59 Å². The monoisotopic (exact) mass is 429 g/mol. The summed E-state index contributed by atoms with van der Waals surface area (Å²) < 4.78 is 16.1. The largest absolute Gasteiger partial charge is 0.490 e. The first-order chi connectivity index (χ1) is 10.9. The Balaban J connectivity index is 3.30. The predicted molar refractivity (Wildman–Crippen MR) is 91.9 cm³/mol. The van der Waals surface area contributed by atoms with Gasteiger partial charge in [-0.25, -0.2) is 4.79 Å². The van der Waals surface area contributed by atoms with Gasteiger partial charge in [0.25, 0.3) is 0 Å². The average molecular weight is 429 g/mol. The van der Waals surface area contributed by atoms with E-state index >= 15 is 0 Å². The minimum absolute atomic E-state index is 0.120. The second-order valence-electron chi connectivity index (χ2n) is 4.25. The van der Waals surface area contributed by atoms with Crippen molar-refractivity contribution >= 4 is 40.6 Å². The minimum atomic E-state index is -0.688. The summed E-state index contributed by atoms with van der Waals surface area (Å²) >= 11 is 1.99. The lowest BCUT2D eigenvalue weighted by atomic mass is 10.1. The van der Waals surface area contributed by atoms with Gasteiger partial charge >= 0.3 is 11.9 Å². The molecule has 0 aromatic heterocycles. The Morgan fingerprint density at radius 2 is 2.00 bits per heavy atom. The predicted octanol–water partition coefficient (Wildman–Crippen LogP) is 3.09. The molecule has 0 aliphatic carbocycles. The first-order valence-corrected chi connectivity index (χ1v) is 7.94. The van der Waals surface area contributed by atoms with Crippen LogP contribution >= 0.6 is 22.6 Å². The molecule has 0 N–H and O–H groups in total. The summed E-state index contributed by atoms with van der Waals surface area (Å²) in [7, 11) is 0. The maximum Gasteiger partial charge on any atom is 0.348 e. The molecule has 0 unspecified atom stereocenters. The molecule has 23 heavy (non-hydrogen) atoms. The molecule has 0 aliphatic heterocycles. The van der Waals surface area contributed by atoms with Crippen molar-refractivity contribution in [3.63, 3.8) is 0 Å². The van der Waals surface area contributed by atoms with Crippen LogP contribution in [0.2, 0.25) is 0 Å². The Morgan fingerprint density at radius 1 is 1.30 bits per heavy atom. The highest BCUT2D eigenvalue weighted by Gasteiger charge is 2.15. The number of carbonyl (C=O) groups excluding carboxylic acids is 2. The van der Waals surface area contributed by atoms with E-state index in [4.69, 9.17) is 19.5 Å². The zero-order chi connectivity index (χ0) is 17.4. The number of nitriles is 1. The standard InChI is InChI=1S/C16H16INO5/c1-4-21-14-8-11(6-12(9-18)16(20)22-5-2)7-13(17)15(14)23-10(3)19/h6-8H,4-5H2,1-3H3/b12-6+. The zero-order valence-electron chi connectivity index (χ0n) is 13.0. The van der Waals surface area contributed by atoms with E-state index < -0.39 is 11.9 Å². The van der Waals surface area contributed by atoms with Gasteiger partial charge in [0.05, 0.1) is 16.8 Å². The Morgan fingerprint density at radius 3 is 2.52 bits per heavy atom. The Labute approximate surface area is 148 Å². The number of esters is 2. The summed E-state index contributed by atoms with van der Waals surface area (Å²) in [4.78, 5) is 22.9. The molecule has 0 fully saturated rings. The molecule has 0 atom stereocenters. The van der Waals surface area contributed by atoms with Crippen LogP contribution in [-0.4, -0.2) is 25.2 Å². The Kier molecular flexibility index (Phi) is 7.54. The van der Waals surface area contributed by atoms with Crippen molar-refractivity contribution in [3.8, 4) is 17.6 Å². The third-order valence-electron chi connectivity index (χ3n) is 2.50. The fourth-order valence-corrected chi connectivity index (χ4v) is 2.42. The summed E-state index contributed by atoms with van der Waals surface area (Å²) in [5.74, 6) is -0.475. The molecule has 6 nitrogen and oxygen atoms in total. The molecule has 1 rings (SSSR count). The number of rotatable bonds is 6. The molecule has 0 spiro atoms. The lowest BCUT2D eigenvalue weighted by Crippen LogP contribution is -2.07. The maximum atomic E-state index is 11.7. The van der Waals surface area contributed by atoms with Crippen molar-refractivity contribution in [3.05, 3.63) is 26.8 Å². The number of hydrogen-bond donors (Lipinski definition) is 0. The van der Waals surface area contributed by atoms with Crippen molar-refractivity contribution < 1.29 is 23.8 Å². The van der Waals surface area contributed by atoms with Crippen LogP contribution in [0.3, 0.4) is 0 Å². The van der Waals surface area contributed by atoms with Crippen molar-refractivity contribution in [2.45, 2.75) is 20.8 Å². The van der Waals surface area contributed by atoms with Crippen LogP contribution in [0, 0.1) is 14.9 Å². The smallest absolute Gasteiger partial charge is 0.348 e. The summed E-state index contributed by atoms with van der Waals surface area (Å²) in [6, 6.07) is 5.09. The number of halogens is 1.